The smallest absolute Gasteiger partial charge is 0.289 e. The lowest BCUT2D eigenvalue weighted by Gasteiger charge is -2.23. The van der Waals surface area contributed by atoms with E-state index in [9.17, 15) is 4.79 Å². The molecule has 0 atom stereocenters. The van der Waals surface area contributed by atoms with Crippen LogP contribution in [0.1, 0.15) is 48.4 Å². The number of rotatable bonds is 3. The van der Waals surface area contributed by atoms with Crippen molar-refractivity contribution in [1.82, 2.24) is 4.90 Å². The Bertz CT molecular complexity index is 378. The van der Waals surface area contributed by atoms with Crippen molar-refractivity contribution in [1.29, 1.82) is 0 Å². The average molecular weight is 251 g/mol. The van der Waals surface area contributed by atoms with Crippen LogP contribution < -0.4 is 0 Å². The molecule has 1 aromatic heterocycles. The van der Waals surface area contributed by atoms with Crippen molar-refractivity contribution in [2.75, 3.05) is 20.2 Å². The van der Waals surface area contributed by atoms with Crippen molar-refractivity contribution < 1.29 is 13.9 Å². The minimum absolute atomic E-state index is 0.0132. The van der Waals surface area contributed by atoms with Crippen LogP contribution in [-0.4, -0.2) is 31.0 Å². The van der Waals surface area contributed by atoms with Crippen molar-refractivity contribution in [3.8, 4) is 0 Å². The molecule has 1 fully saturated rings. The summed E-state index contributed by atoms with van der Waals surface area (Å²) in [5.74, 6) is 1.15. The maximum absolute atomic E-state index is 12.3. The second kappa shape index (κ2) is 6.59. The monoisotopic (exact) mass is 251 g/mol. The number of likely N-dealkylation sites (tertiary alicyclic amines) is 1. The topological polar surface area (TPSA) is 42.7 Å². The third kappa shape index (κ3) is 3.35. The lowest BCUT2D eigenvalue weighted by Crippen LogP contribution is -2.33. The molecule has 1 aliphatic rings. The summed E-state index contributed by atoms with van der Waals surface area (Å²) >= 11 is 0. The molecule has 0 radical (unpaired) electrons. The quantitative estimate of drug-likeness (QED) is 0.829. The van der Waals surface area contributed by atoms with Gasteiger partial charge in [-0.1, -0.05) is 19.3 Å². The highest BCUT2D eigenvalue weighted by molar-refractivity contribution is 5.91. The summed E-state index contributed by atoms with van der Waals surface area (Å²) in [6.07, 6.45) is 5.92. The first kappa shape index (κ1) is 13.1. The molecule has 0 bridgehead atoms. The van der Waals surface area contributed by atoms with Gasteiger partial charge in [-0.25, -0.2) is 0 Å². The van der Waals surface area contributed by atoms with Gasteiger partial charge in [0, 0.05) is 20.2 Å². The number of hydrogen-bond acceptors (Lipinski definition) is 3. The van der Waals surface area contributed by atoms with Crippen LogP contribution >= 0.6 is 0 Å². The van der Waals surface area contributed by atoms with E-state index in [1.54, 1.807) is 19.2 Å². The van der Waals surface area contributed by atoms with Crippen molar-refractivity contribution in [3.05, 3.63) is 23.7 Å². The Morgan fingerprint density at radius 1 is 1.22 bits per heavy atom. The van der Waals surface area contributed by atoms with E-state index < -0.39 is 0 Å². The third-order valence-electron chi connectivity index (χ3n) is 3.30. The summed E-state index contributed by atoms with van der Waals surface area (Å²) in [5, 5.41) is 0. The number of carbonyl (C=O) groups excluding carboxylic acids is 1. The first-order chi connectivity index (χ1) is 8.81. The fourth-order valence-corrected chi connectivity index (χ4v) is 2.32. The Balaban J connectivity index is 1.99. The molecule has 1 saturated heterocycles. The second-order valence-corrected chi connectivity index (χ2v) is 4.76. The summed E-state index contributed by atoms with van der Waals surface area (Å²) < 4.78 is 10.5. The highest BCUT2D eigenvalue weighted by Crippen LogP contribution is 2.15. The Morgan fingerprint density at radius 2 is 1.89 bits per heavy atom. The summed E-state index contributed by atoms with van der Waals surface area (Å²) in [7, 11) is 1.61. The Labute approximate surface area is 108 Å². The van der Waals surface area contributed by atoms with Gasteiger partial charge in [0.25, 0.3) is 5.91 Å². The van der Waals surface area contributed by atoms with Gasteiger partial charge in [-0.05, 0) is 25.0 Å². The van der Waals surface area contributed by atoms with E-state index in [2.05, 4.69) is 0 Å². The van der Waals surface area contributed by atoms with E-state index in [1.165, 1.54) is 19.3 Å². The first-order valence-corrected chi connectivity index (χ1v) is 6.68. The van der Waals surface area contributed by atoms with Crippen LogP contribution in [0.3, 0.4) is 0 Å². The Morgan fingerprint density at radius 3 is 2.56 bits per heavy atom. The van der Waals surface area contributed by atoms with Gasteiger partial charge in [-0.3, -0.25) is 4.79 Å². The van der Waals surface area contributed by atoms with Gasteiger partial charge < -0.3 is 14.1 Å². The summed E-state index contributed by atoms with van der Waals surface area (Å²) in [6.45, 7) is 2.10. The maximum Gasteiger partial charge on any atom is 0.289 e. The van der Waals surface area contributed by atoms with Gasteiger partial charge in [0.1, 0.15) is 12.4 Å². The predicted molar refractivity (Wildman–Crippen MR) is 68.4 cm³/mol. The predicted octanol–water partition coefficient (Wildman–Crippen LogP) is 2.83. The molecule has 4 heteroatoms. The molecule has 0 saturated carbocycles. The minimum atomic E-state index is 0.0132. The highest BCUT2D eigenvalue weighted by atomic mass is 16.5. The molecule has 0 aliphatic carbocycles. The zero-order valence-electron chi connectivity index (χ0n) is 11.0. The van der Waals surface area contributed by atoms with Crippen molar-refractivity contribution in [2.24, 2.45) is 0 Å². The van der Waals surface area contributed by atoms with Crippen molar-refractivity contribution in [2.45, 2.75) is 38.7 Å². The molecular weight excluding hydrogens is 230 g/mol. The number of ether oxygens (including phenoxy) is 1. The molecule has 18 heavy (non-hydrogen) atoms. The molecule has 1 aromatic rings. The van der Waals surface area contributed by atoms with Crippen LogP contribution in [0.2, 0.25) is 0 Å². The van der Waals surface area contributed by atoms with Gasteiger partial charge in [0.15, 0.2) is 5.76 Å². The van der Waals surface area contributed by atoms with Crippen LogP contribution in [0, 0.1) is 0 Å². The molecule has 0 spiro atoms. The molecular formula is C14H21NO3. The molecule has 0 unspecified atom stereocenters. The Kier molecular flexibility index (Phi) is 4.81. The number of methoxy groups -OCH3 is 1. The minimum Gasteiger partial charge on any atom is -0.453 e. The zero-order valence-corrected chi connectivity index (χ0v) is 11.0. The second-order valence-electron chi connectivity index (χ2n) is 4.76. The van der Waals surface area contributed by atoms with E-state index in [4.69, 9.17) is 9.15 Å². The molecule has 2 rings (SSSR count). The zero-order chi connectivity index (χ0) is 12.8. The third-order valence-corrected chi connectivity index (χ3v) is 3.30. The van der Waals surface area contributed by atoms with Crippen LogP contribution in [-0.2, 0) is 11.3 Å². The van der Waals surface area contributed by atoms with Crippen LogP contribution in [0.15, 0.2) is 16.5 Å². The number of furan rings is 1. The lowest BCUT2D eigenvalue weighted by molar-refractivity contribution is 0.0702. The van der Waals surface area contributed by atoms with E-state index in [1.807, 2.05) is 4.90 Å². The van der Waals surface area contributed by atoms with Gasteiger partial charge in [0.05, 0.1) is 0 Å². The van der Waals surface area contributed by atoms with E-state index in [-0.39, 0.29) is 5.91 Å². The summed E-state index contributed by atoms with van der Waals surface area (Å²) in [6, 6.07) is 3.55. The molecule has 2 heterocycles. The number of amides is 1. The number of nitrogens with zero attached hydrogens (tertiary/aromatic N) is 1. The van der Waals surface area contributed by atoms with Gasteiger partial charge >= 0.3 is 0 Å². The van der Waals surface area contributed by atoms with Gasteiger partial charge in [0.2, 0.25) is 0 Å². The average Bonchev–Trinajstić information content (AvgIpc) is 2.77. The highest BCUT2D eigenvalue weighted by Gasteiger charge is 2.19. The lowest BCUT2D eigenvalue weighted by atomic mass is 10.1. The molecule has 1 amide bonds. The van der Waals surface area contributed by atoms with Gasteiger partial charge in [-0.15, -0.1) is 0 Å². The SMILES string of the molecule is COCc1ccc(C(=O)N2CCCCCCC2)o1. The molecule has 1 aliphatic heterocycles. The molecule has 4 nitrogen and oxygen atoms in total. The summed E-state index contributed by atoms with van der Waals surface area (Å²) in [5.41, 5.74) is 0. The molecule has 0 aromatic carbocycles. The summed E-state index contributed by atoms with van der Waals surface area (Å²) in [4.78, 5) is 14.2. The fraction of sp³-hybridized carbons (Fsp3) is 0.643. The largest absolute Gasteiger partial charge is 0.453 e. The van der Waals surface area contributed by atoms with Crippen LogP contribution in [0.4, 0.5) is 0 Å². The fourth-order valence-electron chi connectivity index (χ4n) is 2.32. The molecule has 0 N–H and O–H groups in total. The van der Waals surface area contributed by atoms with Crippen LogP contribution in [0.5, 0.6) is 0 Å². The Hall–Kier alpha value is -1.29. The van der Waals surface area contributed by atoms with Crippen LogP contribution in [0.25, 0.3) is 0 Å². The van der Waals surface area contributed by atoms with E-state index in [0.717, 1.165) is 25.9 Å². The standard InChI is InChI=1S/C14H21NO3/c1-17-11-12-7-8-13(18-12)14(16)15-9-5-3-2-4-6-10-15/h7-8H,2-6,9-11H2,1H3. The normalized spacial score (nSPS) is 17.3. The van der Waals surface area contributed by atoms with E-state index >= 15 is 0 Å². The van der Waals surface area contributed by atoms with E-state index in [0.29, 0.717) is 18.1 Å². The van der Waals surface area contributed by atoms with Crippen molar-refractivity contribution >= 4 is 5.91 Å². The van der Waals surface area contributed by atoms with Crippen molar-refractivity contribution in [3.63, 3.8) is 0 Å². The van der Waals surface area contributed by atoms with Gasteiger partial charge in [-0.2, -0.15) is 0 Å². The number of hydrogen-bond donors (Lipinski definition) is 0. The molecule has 100 valence electrons. The first-order valence-electron chi connectivity index (χ1n) is 6.68. The maximum atomic E-state index is 12.3. The number of carbonyl (C=O) groups is 1.